The van der Waals surface area contributed by atoms with Crippen molar-refractivity contribution in [2.24, 2.45) is 0 Å². The summed E-state index contributed by atoms with van der Waals surface area (Å²) in [5.41, 5.74) is 2.91. The highest BCUT2D eigenvalue weighted by Gasteiger charge is 2.13. The number of nitrogens with zero attached hydrogens (tertiary/aromatic N) is 1. The van der Waals surface area contributed by atoms with Crippen LogP contribution in [0.2, 0.25) is 0 Å². The lowest BCUT2D eigenvalue weighted by atomic mass is 10.1. The maximum absolute atomic E-state index is 11.5. The number of urea groups is 1. The zero-order valence-corrected chi connectivity index (χ0v) is 10.4. The molecule has 4 nitrogen and oxygen atoms in total. The van der Waals surface area contributed by atoms with Crippen LogP contribution in [0.25, 0.3) is 0 Å². The first-order chi connectivity index (χ1) is 7.51. The van der Waals surface area contributed by atoms with Crippen molar-refractivity contribution >= 4 is 11.7 Å². The van der Waals surface area contributed by atoms with E-state index in [-0.39, 0.29) is 6.03 Å². The van der Waals surface area contributed by atoms with E-state index in [9.17, 15) is 4.79 Å². The first-order valence-corrected chi connectivity index (χ1v) is 5.12. The third-order valence-corrected chi connectivity index (χ3v) is 2.59. The smallest absolute Gasteiger partial charge is 0.321 e. The number of carbonyl (C=O) groups excluding carboxylic acids is 1. The van der Waals surface area contributed by atoms with Gasteiger partial charge in [0.1, 0.15) is 5.75 Å². The average Bonchev–Trinajstić information content (AvgIpc) is 2.29. The van der Waals surface area contributed by atoms with Gasteiger partial charge in [0.2, 0.25) is 0 Å². The van der Waals surface area contributed by atoms with Gasteiger partial charge in [0.05, 0.1) is 7.11 Å². The first-order valence-electron chi connectivity index (χ1n) is 5.12. The van der Waals surface area contributed by atoms with Crippen LogP contribution in [0.3, 0.4) is 0 Å². The van der Waals surface area contributed by atoms with Crippen LogP contribution in [0.15, 0.2) is 12.1 Å². The van der Waals surface area contributed by atoms with E-state index in [0.717, 1.165) is 22.6 Å². The number of nitrogens with one attached hydrogen (secondary N) is 1. The summed E-state index contributed by atoms with van der Waals surface area (Å²) in [7, 11) is 5.00. The molecule has 0 unspecified atom stereocenters. The Balaban J connectivity index is 3.15. The van der Waals surface area contributed by atoms with Crippen molar-refractivity contribution in [3.63, 3.8) is 0 Å². The molecule has 0 fully saturated rings. The quantitative estimate of drug-likeness (QED) is 0.832. The molecule has 0 radical (unpaired) electrons. The average molecular weight is 222 g/mol. The fraction of sp³-hybridized carbons (Fsp3) is 0.417. The minimum Gasteiger partial charge on any atom is -0.496 e. The molecule has 1 aromatic carbocycles. The predicted octanol–water partition coefficient (Wildman–Crippen LogP) is 2.09. The van der Waals surface area contributed by atoms with Crippen LogP contribution in [0.5, 0.6) is 5.75 Å². The summed E-state index contributed by atoms with van der Waals surface area (Å²) in [4.78, 5) is 13.1. The molecular weight excluding hydrogens is 204 g/mol. The van der Waals surface area contributed by atoms with Gasteiger partial charge in [-0.25, -0.2) is 4.79 Å². The van der Waals surface area contributed by atoms with Gasteiger partial charge in [-0.2, -0.15) is 0 Å². The van der Waals surface area contributed by atoms with E-state index in [4.69, 9.17) is 4.74 Å². The normalized spacial score (nSPS) is 9.81. The third kappa shape index (κ3) is 2.27. The summed E-state index contributed by atoms with van der Waals surface area (Å²) in [6.45, 7) is 3.91. The van der Waals surface area contributed by atoms with Gasteiger partial charge >= 0.3 is 6.03 Å². The van der Waals surface area contributed by atoms with Crippen LogP contribution in [0.1, 0.15) is 11.1 Å². The van der Waals surface area contributed by atoms with E-state index in [1.54, 1.807) is 26.1 Å². The van der Waals surface area contributed by atoms with Crippen molar-refractivity contribution in [2.45, 2.75) is 13.8 Å². The molecule has 0 aliphatic rings. The van der Waals surface area contributed by atoms with Crippen LogP contribution in [-0.2, 0) is 0 Å². The van der Waals surface area contributed by atoms with Gasteiger partial charge in [0.15, 0.2) is 0 Å². The van der Waals surface area contributed by atoms with Gasteiger partial charge in [0.25, 0.3) is 0 Å². The summed E-state index contributed by atoms with van der Waals surface area (Å²) in [6.07, 6.45) is 0. The molecule has 0 aliphatic heterocycles. The van der Waals surface area contributed by atoms with E-state index >= 15 is 0 Å². The molecule has 0 atom stereocenters. The summed E-state index contributed by atoms with van der Waals surface area (Å²) >= 11 is 0. The van der Waals surface area contributed by atoms with E-state index in [1.807, 2.05) is 26.0 Å². The second-order valence-corrected chi connectivity index (χ2v) is 3.72. The van der Waals surface area contributed by atoms with Gasteiger partial charge in [-0.05, 0) is 37.1 Å². The molecule has 0 bridgehead atoms. The van der Waals surface area contributed by atoms with Crippen molar-refractivity contribution < 1.29 is 9.53 Å². The molecule has 0 saturated heterocycles. The van der Waals surface area contributed by atoms with Crippen molar-refractivity contribution in [2.75, 3.05) is 26.1 Å². The van der Waals surface area contributed by atoms with E-state index < -0.39 is 0 Å². The minimum absolute atomic E-state index is 0.132. The SMILES string of the molecule is CNC(=O)N(C)c1cc(C)c(OC)cc1C. The second-order valence-electron chi connectivity index (χ2n) is 3.72. The van der Waals surface area contributed by atoms with Gasteiger partial charge < -0.3 is 10.1 Å². The predicted molar refractivity (Wildman–Crippen MR) is 65.3 cm³/mol. The van der Waals surface area contributed by atoms with Crippen molar-refractivity contribution in [1.29, 1.82) is 0 Å². The van der Waals surface area contributed by atoms with Crippen molar-refractivity contribution in [1.82, 2.24) is 5.32 Å². The van der Waals surface area contributed by atoms with E-state index in [1.165, 1.54) is 0 Å². The number of rotatable bonds is 2. The van der Waals surface area contributed by atoms with Gasteiger partial charge in [0, 0.05) is 19.8 Å². The molecule has 0 spiro atoms. The topological polar surface area (TPSA) is 41.6 Å². The van der Waals surface area contributed by atoms with Crippen LogP contribution in [0, 0.1) is 13.8 Å². The molecule has 88 valence electrons. The van der Waals surface area contributed by atoms with Crippen LogP contribution >= 0.6 is 0 Å². The lowest BCUT2D eigenvalue weighted by Gasteiger charge is -2.20. The number of hydrogen-bond acceptors (Lipinski definition) is 2. The number of methoxy groups -OCH3 is 1. The summed E-state index contributed by atoms with van der Waals surface area (Å²) in [5.74, 6) is 0.839. The number of carbonyl (C=O) groups is 1. The molecule has 1 aromatic rings. The first kappa shape index (κ1) is 12.4. The van der Waals surface area contributed by atoms with Gasteiger partial charge in [-0.1, -0.05) is 0 Å². The maximum atomic E-state index is 11.5. The fourth-order valence-electron chi connectivity index (χ4n) is 1.63. The Hall–Kier alpha value is -1.71. The van der Waals surface area contributed by atoms with E-state index in [0.29, 0.717) is 0 Å². The van der Waals surface area contributed by atoms with Crippen molar-refractivity contribution in [3.8, 4) is 5.75 Å². The van der Waals surface area contributed by atoms with Crippen molar-refractivity contribution in [3.05, 3.63) is 23.3 Å². The number of benzene rings is 1. The molecule has 0 heterocycles. The second kappa shape index (κ2) is 4.88. The number of hydrogen-bond donors (Lipinski definition) is 1. The number of aryl methyl sites for hydroxylation is 2. The zero-order chi connectivity index (χ0) is 12.3. The molecule has 1 N–H and O–H groups in total. The Morgan fingerprint density at radius 2 is 1.94 bits per heavy atom. The van der Waals surface area contributed by atoms with E-state index in [2.05, 4.69) is 5.32 Å². The minimum atomic E-state index is -0.132. The molecule has 0 aliphatic carbocycles. The number of ether oxygens (including phenoxy) is 1. The highest BCUT2D eigenvalue weighted by molar-refractivity contribution is 5.92. The zero-order valence-electron chi connectivity index (χ0n) is 10.4. The summed E-state index contributed by atoms with van der Waals surface area (Å²) < 4.78 is 5.23. The van der Waals surface area contributed by atoms with Gasteiger partial charge in [-0.15, -0.1) is 0 Å². The highest BCUT2D eigenvalue weighted by atomic mass is 16.5. The Bertz CT molecular complexity index is 402. The lowest BCUT2D eigenvalue weighted by molar-refractivity contribution is 0.249. The number of anilines is 1. The summed E-state index contributed by atoms with van der Waals surface area (Å²) in [5, 5.41) is 2.59. The molecule has 1 rings (SSSR count). The fourth-order valence-corrected chi connectivity index (χ4v) is 1.63. The molecule has 0 aromatic heterocycles. The maximum Gasteiger partial charge on any atom is 0.321 e. The number of amides is 2. The van der Waals surface area contributed by atoms with Crippen LogP contribution < -0.4 is 15.0 Å². The Morgan fingerprint density at radius 3 is 2.44 bits per heavy atom. The molecule has 0 saturated carbocycles. The molecule has 4 heteroatoms. The standard InChI is InChI=1S/C12H18N2O2/c1-8-7-11(16-5)9(2)6-10(8)14(4)12(15)13-3/h6-7H,1-5H3,(H,13,15). The molecule has 16 heavy (non-hydrogen) atoms. The lowest BCUT2D eigenvalue weighted by Crippen LogP contribution is -2.35. The molecular formula is C12H18N2O2. The van der Waals surface area contributed by atoms with Crippen LogP contribution in [-0.4, -0.2) is 27.2 Å². The Kier molecular flexibility index (Phi) is 3.77. The third-order valence-electron chi connectivity index (χ3n) is 2.59. The van der Waals surface area contributed by atoms with Gasteiger partial charge in [-0.3, -0.25) is 4.90 Å². The molecule has 2 amide bonds. The highest BCUT2D eigenvalue weighted by Crippen LogP contribution is 2.27. The Labute approximate surface area is 96.2 Å². The Morgan fingerprint density at radius 1 is 1.31 bits per heavy atom. The largest absolute Gasteiger partial charge is 0.496 e. The van der Waals surface area contributed by atoms with Crippen LogP contribution in [0.4, 0.5) is 10.5 Å². The monoisotopic (exact) mass is 222 g/mol. The summed E-state index contributed by atoms with van der Waals surface area (Å²) in [6, 6.07) is 3.75.